The van der Waals surface area contributed by atoms with Crippen molar-refractivity contribution >= 4 is 42.1 Å². The van der Waals surface area contributed by atoms with Crippen LogP contribution in [0, 0.1) is 0 Å². The van der Waals surface area contributed by atoms with Gasteiger partial charge in [-0.1, -0.05) is 0 Å². The van der Waals surface area contributed by atoms with Gasteiger partial charge in [0.25, 0.3) is 5.91 Å². The van der Waals surface area contributed by atoms with E-state index in [4.69, 9.17) is 9.47 Å². The number of aromatic nitrogens is 1. The molecule has 4 rings (SSSR count). The van der Waals surface area contributed by atoms with E-state index < -0.39 is 0 Å². The monoisotopic (exact) mass is 417 g/mol. The van der Waals surface area contributed by atoms with Crippen molar-refractivity contribution in [3.63, 3.8) is 0 Å². The Bertz CT molecular complexity index is 771. The van der Waals surface area contributed by atoms with E-state index in [0.717, 1.165) is 41.7 Å². The van der Waals surface area contributed by atoms with Crippen LogP contribution in [-0.4, -0.2) is 54.7 Å². The molecule has 2 aliphatic heterocycles. The van der Waals surface area contributed by atoms with Gasteiger partial charge in [0, 0.05) is 36.6 Å². The van der Waals surface area contributed by atoms with Crippen LogP contribution >= 0.6 is 36.2 Å². The lowest BCUT2D eigenvalue weighted by atomic mass is 10.2. The highest BCUT2D eigenvalue weighted by atomic mass is 35.5. The van der Waals surface area contributed by atoms with Gasteiger partial charge in [-0.05, 0) is 25.1 Å². The fourth-order valence-electron chi connectivity index (χ4n) is 2.97. The number of piperazine rings is 1. The molecule has 1 fully saturated rings. The number of halogens is 2. The molecule has 1 N–H and O–H groups in total. The first-order valence-corrected chi connectivity index (χ1v) is 8.97. The molecule has 9 heteroatoms. The molecular formula is C17H21Cl2N3O3S. The van der Waals surface area contributed by atoms with Gasteiger partial charge in [-0.15, -0.1) is 36.2 Å². The lowest BCUT2D eigenvalue weighted by Gasteiger charge is -2.33. The van der Waals surface area contributed by atoms with Gasteiger partial charge in [-0.2, -0.15) is 0 Å². The lowest BCUT2D eigenvalue weighted by Crippen LogP contribution is -2.52. The highest BCUT2D eigenvalue weighted by molar-refractivity contribution is 7.13. The number of rotatable bonds is 2. The van der Waals surface area contributed by atoms with Crippen LogP contribution < -0.4 is 14.8 Å². The predicted octanol–water partition coefficient (Wildman–Crippen LogP) is 2.86. The number of carbonyl (C=O) groups excluding carboxylic acids is 1. The largest absolute Gasteiger partial charge is 0.486 e. The number of thiazole rings is 1. The van der Waals surface area contributed by atoms with Crippen LogP contribution in [0.3, 0.4) is 0 Å². The van der Waals surface area contributed by atoms with E-state index >= 15 is 0 Å². The molecule has 142 valence electrons. The van der Waals surface area contributed by atoms with Crippen LogP contribution in [0.4, 0.5) is 0 Å². The summed E-state index contributed by atoms with van der Waals surface area (Å²) in [5, 5.41) is 5.95. The highest BCUT2D eigenvalue weighted by Gasteiger charge is 2.26. The second kappa shape index (κ2) is 8.90. The summed E-state index contributed by atoms with van der Waals surface area (Å²) in [6.07, 6.45) is 0. The van der Waals surface area contributed by atoms with Gasteiger partial charge in [0.15, 0.2) is 11.5 Å². The van der Waals surface area contributed by atoms with E-state index in [9.17, 15) is 4.79 Å². The molecule has 2 aliphatic rings. The van der Waals surface area contributed by atoms with Crippen LogP contribution in [0.15, 0.2) is 23.6 Å². The molecule has 2 aromatic rings. The zero-order chi connectivity index (χ0) is 16.5. The van der Waals surface area contributed by atoms with Crippen molar-refractivity contribution in [3.8, 4) is 22.1 Å². The van der Waals surface area contributed by atoms with Crippen molar-refractivity contribution in [1.82, 2.24) is 15.2 Å². The minimum absolute atomic E-state index is 0. The average Bonchev–Trinajstić information content (AvgIpc) is 3.11. The molecule has 1 atom stereocenters. The number of carbonyl (C=O) groups is 1. The van der Waals surface area contributed by atoms with Crippen LogP contribution in [-0.2, 0) is 0 Å². The van der Waals surface area contributed by atoms with Crippen molar-refractivity contribution in [2.75, 3.05) is 32.8 Å². The van der Waals surface area contributed by atoms with Gasteiger partial charge >= 0.3 is 0 Å². The van der Waals surface area contributed by atoms with Gasteiger partial charge in [0.05, 0.1) is 0 Å². The van der Waals surface area contributed by atoms with Gasteiger partial charge in [0.1, 0.15) is 23.9 Å². The summed E-state index contributed by atoms with van der Waals surface area (Å²) in [5.41, 5.74) is 1.45. The maximum Gasteiger partial charge on any atom is 0.273 e. The molecule has 1 amide bonds. The summed E-state index contributed by atoms with van der Waals surface area (Å²) in [7, 11) is 0. The molecule has 0 bridgehead atoms. The number of nitrogens with zero attached hydrogens (tertiary/aromatic N) is 2. The summed E-state index contributed by atoms with van der Waals surface area (Å²) in [4.78, 5) is 19.1. The Labute approximate surface area is 168 Å². The second-order valence-electron chi connectivity index (χ2n) is 5.95. The topological polar surface area (TPSA) is 63.7 Å². The van der Waals surface area contributed by atoms with E-state index in [-0.39, 0.29) is 36.8 Å². The molecule has 1 aromatic heterocycles. The molecule has 6 nitrogen and oxygen atoms in total. The van der Waals surface area contributed by atoms with Crippen molar-refractivity contribution in [3.05, 3.63) is 29.3 Å². The third kappa shape index (κ3) is 4.06. The highest BCUT2D eigenvalue weighted by Crippen LogP contribution is 2.35. The minimum atomic E-state index is 0. The quantitative estimate of drug-likeness (QED) is 0.813. The Morgan fingerprint density at radius 3 is 2.81 bits per heavy atom. The Morgan fingerprint density at radius 2 is 2.04 bits per heavy atom. The zero-order valence-electron chi connectivity index (χ0n) is 14.3. The minimum Gasteiger partial charge on any atom is -0.486 e. The zero-order valence-corrected chi connectivity index (χ0v) is 16.7. The number of hydrogen-bond acceptors (Lipinski definition) is 6. The lowest BCUT2D eigenvalue weighted by molar-refractivity contribution is 0.0650. The average molecular weight is 418 g/mol. The molecule has 0 radical (unpaired) electrons. The first-order chi connectivity index (χ1) is 11.7. The SMILES string of the molecule is C[C@@H]1CNCCN1C(=O)c1csc(-c2ccc3c(c2)OCCO3)n1.Cl.Cl. The fraction of sp³-hybridized carbons (Fsp3) is 0.412. The standard InChI is InChI=1S/C17H19N3O3S.2ClH/c1-11-9-18-4-5-20(11)17(21)13-10-24-16(19-13)12-2-3-14-15(8-12)23-7-6-22-14;;/h2-3,8,10-11,18H,4-7,9H2,1H3;2*1H/t11-;;/m1../s1. The molecule has 3 heterocycles. The molecular weight excluding hydrogens is 397 g/mol. The molecule has 26 heavy (non-hydrogen) atoms. The maximum absolute atomic E-state index is 12.7. The number of amides is 1. The first-order valence-electron chi connectivity index (χ1n) is 8.09. The Kier molecular flexibility index (Phi) is 7.11. The number of nitrogens with one attached hydrogen (secondary N) is 1. The normalized spacial score (nSPS) is 18.5. The predicted molar refractivity (Wildman–Crippen MR) is 106 cm³/mol. The Hall–Kier alpha value is -1.54. The number of benzene rings is 1. The molecule has 0 unspecified atom stereocenters. The fourth-order valence-corrected chi connectivity index (χ4v) is 3.76. The summed E-state index contributed by atoms with van der Waals surface area (Å²) >= 11 is 1.48. The van der Waals surface area contributed by atoms with Gasteiger partial charge in [0.2, 0.25) is 0 Å². The maximum atomic E-state index is 12.7. The third-order valence-corrected chi connectivity index (χ3v) is 5.17. The first kappa shape index (κ1) is 20.8. The number of fused-ring (bicyclic) bond motifs is 1. The van der Waals surface area contributed by atoms with Crippen molar-refractivity contribution in [1.29, 1.82) is 0 Å². The van der Waals surface area contributed by atoms with Crippen LogP contribution in [0.5, 0.6) is 11.5 Å². The smallest absolute Gasteiger partial charge is 0.273 e. The third-order valence-electron chi connectivity index (χ3n) is 4.27. The van der Waals surface area contributed by atoms with E-state index in [1.54, 1.807) is 0 Å². The van der Waals surface area contributed by atoms with E-state index in [0.29, 0.717) is 18.9 Å². The number of hydrogen-bond donors (Lipinski definition) is 1. The van der Waals surface area contributed by atoms with Gasteiger partial charge in [-0.25, -0.2) is 4.98 Å². The van der Waals surface area contributed by atoms with Crippen LogP contribution in [0.2, 0.25) is 0 Å². The Morgan fingerprint density at radius 1 is 1.27 bits per heavy atom. The van der Waals surface area contributed by atoms with Crippen molar-refractivity contribution in [2.45, 2.75) is 13.0 Å². The van der Waals surface area contributed by atoms with E-state index in [2.05, 4.69) is 17.2 Å². The Balaban J connectivity index is 0.00000121. The van der Waals surface area contributed by atoms with Gasteiger partial charge in [-0.3, -0.25) is 4.79 Å². The summed E-state index contributed by atoms with van der Waals surface area (Å²) in [6.45, 7) is 5.55. The van der Waals surface area contributed by atoms with Gasteiger partial charge < -0.3 is 19.7 Å². The molecule has 0 aliphatic carbocycles. The van der Waals surface area contributed by atoms with Crippen LogP contribution in [0.1, 0.15) is 17.4 Å². The van der Waals surface area contributed by atoms with E-state index in [1.165, 1.54) is 11.3 Å². The summed E-state index contributed by atoms with van der Waals surface area (Å²) < 4.78 is 11.2. The van der Waals surface area contributed by atoms with Crippen molar-refractivity contribution < 1.29 is 14.3 Å². The molecule has 0 spiro atoms. The van der Waals surface area contributed by atoms with E-state index in [1.807, 2.05) is 28.5 Å². The molecule has 1 aromatic carbocycles. The van der Waals surface area contributed by atoms with Crippen molar-refractivity contribution in [2.24, 2.45) is 0 Å². The van der Waals surface area contributed by atoms with Crippen LogP contribution in [0.25, 0.3) is 10.6 Å². The summed E-state index contributed by atoms with van der Waals surface area (Å²) in [6, 6.07) is 5.96. The molecule has 0 saturated carbocycles. The molecule has 1 saturated heterocycles. The summed E-state index contributed by atoms with van der Waals surface area (Å²) in [5.74, 6) is 1.49. The number of ether oxygens (including phenoxy) is 2. The second-order valence-corrected chi connectivity index (χ2v) is 6.81.